The molecule has 0 aromatic heterocycles. The second-order valence-electron chi connectivity index (χ2n) is 6.62. The van der Waals surface area contributed by atoms with Crippen molar-refractivity contribution in [1.82, 2.24) is 0 Å². The van der Waals surface area contributed by atoms with E-state index < -0.39 is 23.1 Å². The van der Waals surface area contributed by atoms with E-state index in [-0.39, 0.29) is 12.0 Å². The average Bonchev–Trinajstić information content (AvgIpc) is 2.73. The first-order valence-electron chi connectivity index (χ1n) is 9.26. The number of carbonyl (C=O) groups is 3. The van der Waals surface area contributed by atoms with E-state index in [1.807, 2.05) is 19.9 Å². The van der Waals surface area contributed by atoms with Crippen LogP contribution < -0.4 is 9.64 Å². The highest BCUT2D eigenvalue weighted by atomic mass is 16.6. The highest BCUT2D eigenvalue weighted by Crippen LogP contribution is 2.40. The fourth-order valence-corrected chi connectivity index (χ4v) is 3.55. The number of benzene rings is 2. The molecule has 0 bridgehead atoms. The monoisotopic (exact) mass is 381 g/mol. The Hall–Kier alpha value is -3.15. The molecule has 0 N–H and O–H groups in total. The number of nitrogens with zero attached hydrogens (tertiary/aromatic N) is 1. The van der Waals surface area contributed by atoms with Crippen LogP contribution in [0, 0.1) is 5.41 Å². The number of hydrogen-bond donors (Lipinski definition) is 0. The summed E-state index contributed by atoms with van der Waals surface area (Å²) in [5.41, 5.74) is -0.255. The minimum atomic E-state index is -2.04. The van der Waals surface area contributed by atoms with Crippen molar-refractivity contribution in [3.05, 3.63) is 59.7 Å². The highest BCUT2D eigenvalue weighted by molar-refractivity contribution is 6.26. The smallest absolute Gasteiger partial charge is 0.337 e. The van der Waals surface area contributed by atoms with Crippen LogP contribution in [0.1, 0.15) is 29.8 Å². The fraction of sp³-hybridized carbons (Fsp3) is 0.318. The van der Waals surface area contributed by atoms with Crippen LogP contribution in [0.25, 0.3) is 0 Å². The van der Waals surface area contributed by atoms with Gasteiger partial charge in [0.15, 0.2) is 5.78 Å². The van der Waals surface area contributed by atoms with Crippen molar-refractivity contribution in [2.75, 3.05) is 25.1 Å². The Morgan fingerprint density at radius 3 is 2.39 bits per heavy atom. The lowest BCUT2D eigenvalue weighted by molar-refractivity contribution is -0.162. The van der Waals surface area contributed by atoms with E-state index in [0.29, 0.717) is 11.3 Å². The lowest BCUT2D eigenvalue weighted by atomic mass is 9.74. The maximum absolute atomic E-state index is 13.2. The van der Waals surface area contributed by atoms with Crippen LogP contribution in [0.4, 0.5) is 5.69 Å². The molecular weight excluding hydrogens is 358 g/mol. The van der Waals surface area contributed by atoms with Crippen LogP contribution in [0.15, 0.2) is 48.5 Å². The van der Waals surface area contributed by atoms with Crippen LogP contribution in [0.2, 0.25) is 0 Å². The minimum absolute atomic E-state index is 0.0971. The van der Waals surface area contributed by atoms with Crippen molar-refractivity contribution in [3.63, 3.8) is 0 Å². The van der Waals surface area contributed by atoms with Crippen LogP contribution in [0.3, 0.4) is 0 Å². The van der Waals surface area contributed by atoms with Gasteiger partial charge in [-0.3, -0.25) is 9.59 Å². The van der Waals surface area contributed by atoms with Crippen molar-refractivity contribution in [3.8, 4) is 5.75 Å². The van der Waals surface area contributed by atoms with Gasteiger partial charge in [0.1, 0.15) is 5.75 Å². The third-order valence-corrected chi connectivity index (χ3v) is 5.14. The molecule has 3 rings (SSSR count). The highest BCUT2D eigenvalue weighted by Gasteiger charge is 2.58. The van der Waals surface area contributed by atoms with Crippen LogP contribution in [-0.2, 0) is 20.7 Å². The summed E-state index contributed by atoms with van der Waals surface area (Å²) < 4.78 is 10.4. The molecular formula is C22H23NO5. The summed E-state index contributed by atoms with van der Waals surface area (Å²) in [4.78, 5) is 40.9. The summed E-state index contributed by atoms with van der Waals surface area (Å²) in [7, 11) is 1.16. The molecule has 1 aliphatic rings. The predicted octanol–water partition coefficient (Wildman–Crippen LogP) is 3.04. The standard InChI is InChI=1S/C22H23NO5/c1-4-23(5-2)17-12-11-16-14-22(20(25)27-3,21(26)28-18(16)13-17)19(24)15-9-7-6-8-10-15/h6-13H,4-5,14H2,1-3H3. The van der Waals surface area contributed by atoms with Gasteiger partial charge < -0.3 is 14.4 Å². The summed E-state index contributed by atoms with van der Waals surface area (Å²) in [6, 6.07) is 13.7. The molecule has 1 atom stereocenters. The van der Waals surface area contributed by atoms with Crippen LogP contribution >= 0.6 is 0 Å². The van der Waals surface area contributed by atoms with E-state index in [1.54, 1.807) is 42.5 Å². The van der Waals surface area contributed by atoms with Gasteiger partial charge in [0.2, 0.25) is 5.41 Å². The Kier molecular flexibility index (Phi) is 5.49. The van der Waals surface area contributed by atoms with E-state index in [0.717, 1.165) is 25.9 Å². The Labute approximate surface area is 164 Å². The van der Waals surface area contributed by atoms with Crippen molar-refractivity contribution >= 4 is 23.4 Å². The molecule has 2 aromatic rings. The molecule has 146 valence electrons. The molecule has 28 heavy (non-hydrogen) atoms. The lowest BCUT2D eigenvalue weighted by Gasteiger charge is -2.33. The second kappa shape index (κ2) is 7.84. The number of carbonyl (C=O) groups excluding carboxylic acids is 3. The van der Waals surface area contributed by atoms with E-state index >= 15 is 0 Å². The summed E-state index contributed by atoms with van der Waals surface area (Å²) in [6.45, 7) is 5.69. The molecule has 0 saturated heterocycles. The summed E-state index contributed by atoms with van der Waals surface area (Å²) in [6.07, 6.45) is -0.0971. The van der Waals surface area contributed by atoms with Crippen molar-refractivity contribution in [2.24, 2.45) is 5.41 Å². The molecule has 6 nitrogen and oxygen atoms in total. The molecule has 1 unspecified atom stereocenters. The molecule has 0 saturated carbocycles. The lowest BCUT2D eigenvalue weighted by Crippen LogP contribution is -2.53. The molecule has 1 aliphatic heterocycles. The van der Waals surface area contributed by atoms with Gasteiger partial charge in [-0.25, -0.2) is 4.79 Å². The first-order chi connectivity index (χ1) is 13.5. The van der Waals surface area contributed by atoms with Crippen molar-refractivity contribution in [2.45, 2.75) is 20.3 Å². The minimum Gasteiger partial charge on any atom is -0.468 e. The Morgan fingerprint density at radius 1 is 1.11 bits per heavy atom. The van der Waals surface area contributed by atoms with E-state index in [1.165, 1.54) is 0 Å². The molecule has 0 amide bonds. The third kappa shape index (κ3) is 3.15. The number of fused-ring (bicyclic) bond motifs is 1. The number of rotatable bonds is 6. The van der Waals surface area contributed by atoms with Gasteiger partial charge in [0.25, 0.3) is 0 Å². The fourth-order valence-electron chi connectivity index (χ4n) is 3.55. The molecule has 0 aliphatic carbocycles. The zero-order chi connectivity index (χ0) is 20.3. The van der Waals surface area contributed by atoms with Gasteiger partial charge >= 0.3 is 11.9 Å². The topological polar surface area (TPSA) is 72.9 Å². The Balaban J connectivity index is 2.06. The summed E-state index contributed by atoms with van der Waals surface area (Å²) in [5.74, 6) is -2.07. The van der Waals surface area contributed by atoms with Gasteiger partial charge in [-0.2, -0.15) is 0 Å². The number of ketones is 1. The van der Waals surface area contributed by atoms with Crippen LogP contribution in [0.5, 0.6) is 5.75 Å². The molecule has 0 fully saturated rings. The molecule has 0 spiro atoms. The summed E-state index contributed by atoms with van der Waals surface area (Å²) in [5, 5.41) is 0. The second-order valence-corrected chi connectivity index (χ2v) is 6.62. The largest absolute Gasteiger partial charge is 0.468 e. The molecule has 2 aromatic carbocycles. The zero-order valence-corrected chi connectivity index (χ0v) is 16.2. The SMILES string of the molecule is CCN(CC)c1ccc2c(c1)OC(=O)C(C(=O)OC)(C(=O)c1ccccc1)C2. The van der Waals surface area contributed by atoms with Crippen LogP contribution in [-0.4, -0.2) is 37.9 Å². The maximum Gasteiger partial charge on any atom is 0.337 e. The van der Waals surface area contributed by atoms with Crippen molar-refractivity contribution in [1.29, 1.82) is 0 Å². The van der Waals surface area contributed by atoms with E-state index in [4.69, 9.17) is 9.47 Å². The zero-order valence-electron chi connectivity index (χ0n) is 16.2. The Bertz CT molecular complexity index is 904. The molecule has 1 heterocycles. The molecule has 6 heteroatoms. The number of methoxy groups -OCH3 is 1. The molecule has 0 radical (unpaired) electrons. The first kappa shape index (κ1) is 19.6. The number of ether oxygens (including phenoxy) is 2. The number of Topliss-reactive ketones (excluding diaryl/α,β-unsaturated/α-hetero) is 1. The average molecular weight is 381 g/mol. The normalized spacial score (nSPS) is 18.0. The first-order valence-corrected chi connectivity index (χ1v) is 9.26. The number of hydrogen-bond acceptors (Lipinski definition) is 6. The predicted molar refractivity (Wildman–Crippen MR) is 105 cm³/mol. The third-order valence-electron chi connectivity index (χ3n) is 5.14. The number of esters is 2. The quantitative estimate of drug-likeness (QED) is 0.331. The van der Waals surface area contributed by atoms with Gasteiger partial charge in [0.05, 0.1) is 7.11 Å². The van der Waals surface area contributed by atoms with E-state index in [9.17, 15) is 14.4 Å². The van der Waals surface area contributed by atoms with Crippen molar-refractivity contribution < 1.29 is 23.9 Å². The van der Waals surface area contributed by atoms with Gasteiger partial charge in [-0.15, -0.1) is 0 Å². The Morgan fingerprint density at radius 2 is 1.79 bits per heavy atom. The van der Waals surface area contributed by atoms with Gasteiger partial charge in [-0.05, 0) is 25.5 Å². The number of anilines is 1. The van der Waals surface area contributed by atoms with E-state index in [2.05, 4.69) is 4.90 Å². The van der Waals surface area contributed by atoms with Gasteiger partial charge in [-0.1, -0.05) is 36.4 Å². The van der Waals surface area contributed by atoms with Gasteiger partial charge in [0, 0.05) is 36.8 Å². The summed E-state index contributed by atoms with van der Waals surface area (Å²) >= 11 is 0. The maximum atomic E-state index is 13.2.